The van der Waals surface area contributed by atoms with Crippen LogP contribution in [0.2, 0.25) is 0 Å². The van der Waals surface area contributed by atoms with E-state index in [0.29, 0.717) is 13.1 Å². The first-order valence-corrected chi connectivity index (χ1v) is 7.09. The summed E-state index contributed by atoms with van der Waals surface area (Å²) in [6.07, 6.45) is 1.63. The molecule has 2 aromatic heterocycles. The normalized spacial score (nSPS) is 12.3. The molecule has 2 heterocycles. The summed E-state index contributed by atoms with van der Waals surface area (Å²) < 4.78 is 5.34. The number of nitrogens with one attached hydrogen (secondary N) is 1. The molecule has 0 radical (unpaired) electrons. The molecule has 0 bridgehead atoms. The van der Waals surface area contributed by atoms with Crippen molar-refractivity contribution in [2.45, 2.75) is 26.1 Å². The Bertz CT molecular complexity index is 457. The van der Waals surface area contributed by atoms with Crippen LogP contribution in [0.15, 0.2) is 40.3 Å². The predicted octanol–water partition coefficient (Wildman–Crippen LogP) is 2.48. The Labute approximate surface area is 117 Å². The van der Waals surface area contributed by atoms with Crippen LogP contribution in [0.3, 0.4) is 0 Å². The standard InChI is InChI=1S/C14H18N2O2S/c1-11(15-2)14(17)16(9-12-5-3-7-18-12)10-13-6-4-8-19-13/h3-8,11,15H,9-10H2,1-2H3. The molecule has 1 N–H and O–H groups in total. The topological polar surface area (TPSA) is 45.5 Å². The van der Waals surface area contributed by atoms with E-state index >= 15 is 0 Å². The summed E-state index contributed by atoms with van der Waals surface area (Å²) >= 11 is 1.66. The van der Waals surface area contributed by atoms with Crippen LogP contribution in [-0.4, -0.2) is 23.9 Å². The summed E-state index contributed by atoms with van der Waals surface area (Å²) in [5.74, 6) is 0.875. The molecule has 1 unspecified atom stereocenters. The maximum atomic E-state index is 12.4. The van der Waals surface area contributed by atoms with Crippen LogP contribution in [0, 0.1) is 0 Å². The minimum atomic E-state index is -0.199. The van der Waals surface area contributed by atoms with Gasteiger partial charge in [-0.05, 0) is 37.6 Å². The van der Waals surface area contributed by atoms with Crippen LogP contribution >= 0.6 is 11.3 Å². The van der Waals surface area contributed by atoms with Crippen molar-refractivity contribution in [2.24, 2.45) is 0 Å². The zero-order valence-electron chi connectivity index (χ0n) is 11.1. The summed E-state index contributed by atoms with van der Waals surface area (Å²) in [6, 6.07) is 7.56. The van der Waals surface area contributed by atoms with Gasteiger partial charge in [-0.1, -0.05) is 6.07 Å². The average Bonchev–Trinajstić information content (AvgIpc) is 3.09. The van der Waals surface area contributed by atoms with Crippen molar-refractivity contribution < 1.29 is 9.21 Å². The average molecular weight is 278 g/mol. The molecule has 1 atom stereocenters. The van der Waals surface area contributed by atoms with E-state index in [2.05, 4.69) is 5.32 Å². The second-order valence-electron chi connectivity index (χ2n) is 4.36. The lowest BCUT2D eigenvalue weighted by molar-refractivity contribution is -0.134. The highest BCUT2D eigenvalue weighted by atomic mass is 32.1. The number of thiophene rings is 1. The smallest absolute Gasteiger partial charge is 0.240 e. The summed E-state index contributed by atoms with van der Waals surface area (Å²) in [5.41, 5.74) is 0. The van der Waals surface area contributed by atoms with Gasteiger partial charge in [0, 0.05) is 4.88 Å². The van der Waals surface area contributed by atoms with Crippen molar-refractivity contribution in [3.8, 4) is 0 Å². The lowest BCUT2D eigenvalue weighted by Gasteiger charge is -2.24. The highest BCUT2D eigenvalue weighted by Gasteiger charge is 2.20. The van der Waals surface area contributed by atoms with Gasteiger partial charge in [-0.25, -0.2) is 0 Å². The maximum absolute atomic E-state index is 12.4. The number of amides is 1. The molecule has 0 aliphatic heterocycles. The number of nitrogens with zero attached hydrogens (tertiary/aromatic N) is 1. The fourth-order valence-corrected chi connectivity index (χ4v) is 2.51. The second-order valence-corrected chi connectivity index (χ2v) is 5.40. The first kappa shape index (κ1) is 13.8. The molecular formula is C14H18N2O2S. The number of likely N-dealkylation sites (N-methyl/N-ethyl adjacent to an activating group) is 1. The molecule has 2 aromatic rings. The molecule has 0 aliphatic rings. The molecule has 1 amide bonds. The van der Waals surface area contributed by atoms with Crippen molar-refractivity contribution in [2.75, 3.05) is 7.05 Å². The van der Waals surface area contributed by atoms with E-state index in [-0.39, 0.29) is 11.9 Å². The van der Waals surface area contributed by atoms with Gasteiger partial charge in [-0.3, -0.25) is 4.79 Å². The largest absolute Gasteiger partial charge is 0.467 e. The van der Waals surface area contributed by atoms with Gasteiger partial charge in [0.05, 0.1) is 25.4 Å². The van der Waals surface area contributed by atoms with Gasteiger partial charge in [-0.2, -0.15) is 0 Å². The SMILES string of the molecule is CNC(C)C(=O)N(Cc1ccco1)Cc1cccs1. The monoisotopic (exact) mass is 278 g/mol. The highest BCUT2D eigenvalue weighted by Crippen LogP contribution is 2.15. The van der Waals surface area contributed by atoms with Gasteiger partial charge in [-0.15, -0.1) is 11.3 Å². The van der Waals surface area contributed by atoms with Gasteiger partial charge in [0.2, 0.25) is 5.91 Å². The number of hydrogen-bond acceptors (Lipinski definition) is 4. The van der Waals surface area contributed by atoms with Gasteiger partial charge < -0.3 is 14.6 Å². The van der Waals surface area contributed by atoms with Crippen molar-refractivity contribution in [1.29, 1.82) is 0 Å². The molecule has 102 valence electrons. The summed E-state index contributed by atoms with van der Waals surface area (Å²) in [7, 11) is 1.79. The van der Waals surface area contributed by atoms with Crippen LogP contribution in [0.4, 0.5) is 0 Å². The van der Waals surface area contributed by atoms with Gasteiger partial charge >= 0.3 is 0 Å². The molecule has 0 aromatic carbocycles. The summed E-state index contributed by atoms with van der Waals surface area (Å²) in [5, 5.41) is 5.01. The minimum absolute atomic E-state index is 0.0762. The first-order chi connectivity index (χ1) is 9.20. The van der Waals surface area contributed by atoms with Crippen molar-refractivity contribution in [3.05, 3.63) is 46.5 Å². The van der Waals surface area contributed by atoms with Crippen LogP contribution in [0.1, 0.15) is 17.6 Å². The molecule has 0 saturated carbocycles. The quantitative estimate of drug-likeness (QED) is 0.883. The zero-order chi connectivity index (χ0) is 13.7. The lowest BCUT2D eigenvalue weighted by atomic mass is 10.2. The molecule has 0 fully saturated rings. The number of rotatable bonds is 6. The van der Waals surface area contributed by atoms with Crippen molar-refractivity contribution in [3.63, 3.8) is 0 Å². The Morgan fingerprint density at radius 2 is 2.26 bits per heavy atom. The Morgan fingerprint density at radius 3 is 2.84 bits per heavy atom. The number of carbonyl (C=O) groups excluding carboxylic acids is 1. The maximum Gasteiger partial charge on any atom is 0.240 e. The van der Waals surface area contributed by atoms with E-state index < -0.39 is 0 Å². The minimum Gasteiger partial charge on any atom is -0.467 e. The fourth-order valence-electron chi connectivity index (χ4n) is 1.79. The highest BCUT2D eigenvalue weighted by molar-refractivity contribution is 7.09. The third-order valence-electron chi connectivity index (χ3n) is 2.97. The van der Waals surface area contributed by atoms with Crippen molar-refractivity contribution >= 4 is 17.2 Å². The van der Waals surface area contributed by atoms with E-state index in [1.165, 1.54) is 4.88 Å². The lowest BCUT2D eigenvalue weighted by Crippen LogP contribution is -2.42. The van der Waals surface area contributed by atoms with E-state index in [1.54, 1.807) is 24.6 Å². The molecule has 5 heteroatoms. The number of hydrogen-bond donors (Lipinski definition) is 1. The van der Waals surface area contributed by atoms with E-state index in [9.17, 15) is 4.79 Å². The van der Waals surface area contributed by atoms with E-state index in [1.807, 2.05) is 41.5 Å². The first-order valence-electron chi connectivity index (χ1n) is 6.21. The van der Waals surface area contributed by atoms with Crippen LogP contribution < -0.4 is 5.32 Å². The van der Waals surface area contributed by atoms with Gasteiger partial charge in [0.15, 0.2) is 0 Å². The Hall–Kier alpha value is -1.59. The number of furan rings is 1. The van der Waals surface area contributed by atoms with Gasteiger partial charge in [0.1, 0.15) is 5.76 Å². The second kappa shape index (κ2) is 6.54. The van der Waals surface area contributed by atoms with Crippen molar-refractivity contribution in [1.82, 2.24) is 10.2 Å². The molecule has 19 heavy (non-hydrogen) atoms. The molecule has 0 saturated heterocycles. The fraction of sp³-hybridized carbons (Fsp3) is 0.357. The molecule has 0 spiro atoms. The van der Waals surface area contributed by atoms with E-state index in [0.717, 1.165) is 5.76 Å². The molecule has 2 rings (SSSR count). The summed E-state index contributed by atoms with van der Waals surface area (Å²) in [6.45, 7) is 2.98. The van der Waals surface area contributed by atoms with Crippen LogP contribution in [0.5, 0.6) is 0 Å². The third-order valence-corrected chi connectivity index (χ3v) is 3.83. The Kier molecular flexibility index (Phi) is 4.76. The van der Waals surface area contributed by atoms with Crippen LogP contribution in [-0.2, 0) is 17.9 Å². The molecule has 0 aliphatic carbocycles. The molecule has 4 nitrogen and oxygen atoms in total. The van der Waals surface area contributed by atoms with Gasteiger partial charge in [0.25, 0.3) is 0 Å². The molecular weight excluding hydrogens is 260 g/mol. The zero-order valence-corrected chi connectivity index (χ0v) is 11.9. The van der Waals surface area contributed by atoms with E-state index in [4.69, 9.17) is 4.42 Å². The Balaban J connectivity index is 2.10. The third kappa shape index (κ3) is 3.68. The predicted molar refractivity (Wildman–Crippen MR) is 75.8 cm³/mol. The summed E-state index contributed by atoms with van der Waals surface area (Å²) in [4.78, 5) is 15.3. The Morgan fingerprint density at radius 1 is 1.42 bits per heavy atom. The number of carbonyl (C=O) groups is 1. The van der Waals surface area contributed by atoms with Crippen LogP contribution in [0.25, 0.3) is 0 Å².